The van der Waals surface area contributed by atoms with Gasteiger partial charge in [-0.3, -0.25) is 0 Å². The highest BCUT2D eigenvalue weighted by molar-refractivity contribution is 5.52. The van der Waals surface area contributed by atoms with Gasteiger partial charge in [-0.25, -0.2) is 8.78 Å². The molecule has 0 fully saturated rings. The smallest absolute Gasteiger partial charge is 0.133 e. The molecule has 0 spiro atoms. The molecule has 0 aliphatic carbocycles. The van der Waals surface area contributed by atoms with Crippen LogP contribution in [0.25, 0.3) is 0 Å². The molecule has 0 N–H and O–H groups in total. The zero-order valence-corrected chi connectivity index (χ0v) is 8.76. The van der Waals surface area contributed by atoms with Crippen LogP contribution >= 0.6 is 0 Å². The van der Waals surface area contributed by atoms with Gasteiger partial charge in [0.05, 0.1) is 5.57 Å². The van der Waals surface area contributed by atoms with E-state index in [1.807, 2.05) is 0 Å². The van der Waals surface area contributed by atoms with Gasteiger partial charge in [-0.1, -0.05) is 44.0 Å². The Hall–Kier alpha value is -1.70. The van der Waals surface area contributed by atoms with Gasteiger partial charge in [0.1, 0.15) is 11.7 Å². The average molecular weight is 208 g/mol. The first kappa shape index (κ1) is 13.3. The van der Waals surface area contributed by atoms with E-state index in [0.29, 0.717) is 5.57 Å². The summed E-state index contributed by atoms with van der Waals surface area (Å²) >= 11 is 0. The van der Waals surface area contributed by atoms with E-state index in [4.69, 9.17) is 0 Å². The number of allylic oxidation sites excluding steroid dienone is 9. The molecule has 0 aromatic carbocycles. The fourth-order valence-corrected chi connectivity index (χ4v) is 1.02. The lowest BCUT2D eigenvalue weighted by atomic mass is 10.0. The summed E-state index contributed by atoms with van der Waals surface area (Å²) in [5.41, 5.74) is 0.227. The Bertz CT molecular complexity index is 355. The topological polar surface area (TPSA) is 0 Å². The Morgan fingerprint density at radius 1 is 1.20 bits per heavy atom. The molecule has 0 aromatic heterocycles. The first-order valence-electron chi connectivity index (χ1n) is 4.41. The van der Waals surface area contributed by atoms with Gasteiger partial charge in [0, 0.05) is 0 Å². The number of hydrogen-bond acceptors (Lipinski definition) is 0. The van der Waals surface area contributed by atoms with Gasteiger partial charge >= 0.3 is 0 Å². The Kier molecular flexibility index (Phi) is 5.95. The number of halogens is 2. The van der Waals surface area contributed by atoms with E-state index in [9.17, 15) is 8.78 Å². The third kappa shape index (κ3) is 3.90. The second-order valence-corrected chi connectivity index (χ2v) is 2.67. The highest BCUT2D eigenvalue weighted by Gasteiger charge is 2.10. The minimum absolute atomic E-state index is 0.175. The van der Waals surface area contributed by atoms with Gasteiger partial charge in [0.2, 0.25) is 0 Å². The Balaban J connectivity index is 5.44. The quantitative estimate of drug-likeness (QED) is 0.580. The van der Waals surface area contributed by atoms with Crippen molar-refractivity contribution in [2.24, 2.45) is 0 Å². The van der Waals surface area contributed by atoms with Crippen molar-refractivity contribution in [2.45, 2.75) is 6.92 Å². The van der Waals surface area contributed by atoms with Crippen molar-refractivity contribution in [3.05, 3.63) is 72.9 Å². The van der Waals surface area contributed by atoms with Gasteiger partial charge in [0.25, 0.3) is 0 Å². The predicted molar refractivity (Wildman–Crippen MR) is 61.7 cm³/mol. The monoisotopic (exact) mass is 208 g/mol. The van der Waals surface area contributed by atoms with Crippen LogP contribution in [0.2, 0.25) is 0 Å². The molecule has 0 rings (SSSR count). The second-order valence-electron chi connectivity index (χ2n) is 2.67. The van der Waals surface area contributed by atoms with E-state index in [1.54, 1.807) is 25.2 Å². The minimum Gasteiger partial charge on any atom is -0.207 e. The first-order chi connectivity index (χ1) is 7.08. The summed E-state index contributed by atoms with van der Waals surface area (Å²) in [6, 6.07) is 0. The molecule has 2 heteroatoms. The van der Waals surface area contributed by atoms with Crippen LogP contribution in [0, 0.1) is 0 Å². The molecule has 0 aliphatic heterocycles. The molecule has 0 bridgehead atoms. The van der Waals surface area contributed by atoms with Crippen molar-refractivity contribution in [3.8, 4) is 0 Å². The third-order valence-electron chi connectivity index (χ3n) is 1.70. The van der Waals surface area contributed by atoms with Crippen LogP contribution in [0.4, 0.5) is 8.78 Å². The summed E-state index contributed by atoms with van der Waals surface area (Å²) in [7, 11) is 0. The lowest BCUT2D eigenvalue weighted by Crippen LogP contribution is -1.90. The summed E-state index contributed by atoms with van der Waals surface area (Å²) in [6.45, 7) is 11.5. The van der Waals surface area contributed by atoms with E-state index < -0.39 is 11.7 Å². The van der Waals surface area contributed by atoms with Gasteiger partial charge < -0.3 is 0 Å². The average Bonchev–Trinajstić information content (AvgIpc) is 2.22. The summed E-state index contributed by atoms with van der Waals surface area (Å²) in [5, 5.41) is 0. The maximum atomic E-state index is 13.3. The Morgan fingerprint density at radius 2 is 1.80 bits per heavy atom. The van der Waals surface area contributed by atoms with E-state index >= 15 is 0 Å². The molecule has 0 aliphatic rings. The van der Waals surface area contributed by atoms with Crippen LogP contribution in [0.5, 0.6) is 0 Å². The van der Waals surface area contributed by atoms with Crippen molar-refractivity contribution in [3.63, 3.8) is 0 Å². The van der Waals surface area contributed by atoms with Crippen LogP contribution in [0.1, 0.15) is 6.92 Å². The van der Waals surface area contributed by atoms with Gasteiger partial charge in [0.15, 0.2) is 0 Å². The summed E-state index contributed by atoms with van der Waals surface area (Å²) in [6.07, 6.45) is 7.20. The molecule has 15 heavy (non-hydrogen) atoms. The van der Waals surface area contributed by atoms with Crippen molar-refractivity contribution in [1.29, 1.82) is 0 Å². The molecule has 0 atom stereocenters. The molecular weight excluding hydrogens is 194 g/mol. The molecule has 0 saturated heterocycles. The largest absolute Gasteiger partial charge is 0.207 e. The SMILES string of the molecule is C=C\C=C/C(=C\C)C(/C(=C)F)=C(\F)C=C. The van der Waals surface area contributed by atoms with Crippen LogP contribution in [0.3, 0.4) is 0 Å². The highest BCUT2D eigenvalue weighted by Crippen LogP contribution is 2.25. The fraction of sp³-hybridized carbons (Fsp3) is 0.0769. The van der Waals surface area contributed by atoms with Crippen LogP contribution in [0.15, 0.2) is 72.9 Å². The molecule has 80 valence electrons. The first-order valence-corrected chi connectivity index (χ1v) is 4.41. The van der Waals surface area contributed by atoms with Crippen molar-refractivity contribution in [2.75, 3.05) is 0 Å². The summed E-state index contributed by atoms with van der Waals surface area (Å²) in [4.78, 5) is 0. The number of rotatable bonds is 5. The molecule has 0 saturated carbocycles. The summed E-state index contributed by atoms with van der Waals surface area (Å²) < 4.78 is 26.3. The van der Waals surface area contributed by atoms with Crippen molar-refractivity contribution >= 4 is 0 Å². The summed E-state index contributed by atoms with van der Waals surface area (Å²) in [5.74, 6) is -1.56. The lowest BCUT2D eigenvalue weighted by Gasteiger charge is -2.05. The number of hydrogen-bond donors (Lipinski definition) is 0. The van der Waals surface area contributed by atoms with Gasteiger partial charge in [-0.15, -0.1) is 0 Å². The zero-order valence-electron chi connectivity index (χ0n) is 8.76. The molecule has 0 unspecified atom stereocenters. The van der Waals surface area contributed by atoms with Crippen molar-refractivity contribution in [1.82, 2.24) is 0 Å². The zero-order chi connectivity index (χ0) is 11.8. The van der Waals surface area contributed by atoms with Gasteiger partial charge in [-0.2, -0.15) is 0 Å². The van der Waals surface area contributed by atoms with Crippen LogP contribution in [-0.4, -0.2) is 0 Å². The second kappa shape index (κ2) is 6.71. The molecule has 0 heterocycles. The van der Waals surface area contributed by atoms with Crippen LogP contribution < -0.4 is 0 Å². The van der Waals surface area contributed by atoms with Crippen molar-refractivity contribution < 1.29 is 8.78 Å². The lowest BCUT2D eigenvalue weighted by molar-refractivity contribution is 0.618. The van der Waals surface area contributed by atoms with Gasteiger partial charge in [-0.05, 0) is 18.6 Å². The molecule has 0 amide bonds. The fourth-order valence-electron chi connectivity index (χ4n) is 1.02. The Morgan fingerprint density at radius 3 is 2.13 bits per heavy atom. The predicted octanol–water partition coefficient (Wildman–Crippen LogP) is 4.57. The van der Waals surface area contributed by atoms with E-state index in [1.165, 1.54) is 6.08 Å². The highest BCUT2D eigenvalue weighted by atomic mass is 19.1. The maximum Gasteiger partial charge on any atom is 0.133 e. The molecule has 0 radical (unpaired) electrons. The third-order valence-corrected chi connectivity index (χ3v) is 1.70. The minimum atomic E-state index is -0.825. The van der Waals surface area contributed by atoms with E-state index in [-0.39, 0.29) is 5.57 Å². The maximum absolute atomic E-state index is 13.3. The normalized spacial score (nSPS) is 13.7. The van der Waals surface area contributed by atoms with E-state index in [2.05, 4.69) is 19.7 Å². The molecule has 0 nitrogen and oxygen atoms in total. The standard InChI is InChI=1S/C13H14F2/c1-5-8-9-11(6-2)13(10(4)14)12(15)7-3/h5-9H,1,3-4H2,2H3/b9-8-,11-6+,13-12-. The van der Waals surface area contributed by atoms with Crippen LogP contribution in [-0.2, 0) is 0 Å². The van der Waals surface area contributed by atoms with E-state index in [0.717, 1.165) is 6.08 Å². The molecular formula is C13H14F2. The Labute approximate surface area is 89.3 Å². The molecule has 0 aromatic rings.